The van der Waals surface area contributed by atoms with Gasteiger partial charge >= 0.3 is 0 Å². The Morgan fingerprint density at radius 1 is 1.38 bits per heavy atom. The van der Waals surface area contributed by atoms with Gasteiger partial charge in [-0.2, -0.15) is 0 Å². The standard InChI is InChI=1S/C9H15NO.C2H6/c1-4-7-10(8-5-2)9(11)6-3;1-2/h4,6H,1,3,5,7-8H2,2H3;1-2H3. The largest absolute Gasteiger partial charge is 0.335 e. The van der Waals surface area contributed by atoms with E-state index in [1.807, 2.05) is 20.8 Å². The number of nitrogens with zero attached hydrogens (tertiary/aromatic N) is 1. The van der Waals surface area contributed by atoms with Crippen LogP contribution in [0.15, 0.2) is 25.3 Å². The molecule has 0 spiro atoms. The molecule has 0 saturated heterocycles. The van der Waals surface area contributed by atoms with Gasteiger partial charge in [0.2, 0.25) is 5.91 Å². The van der Waals surface area contributed by atoms with Gasteiger partial charge in [0.1, 0.15) is 0 Å². The van der Waals surface area contributed by atoms with Gasteiger partial charge in [-0.1, -0.05) is 33.4 Å². The molecule has 0 rings (SSSR count). The van der Waals surface area contributed by atoms with Crippen LogP contribution in [0.1, 0.15) is 27.2 Å². The third-order valence-corrected chi connectivity index (χ3v) is 1.33. The maximum atomic E-state index is 11.1. The van der Waals surface area contributed by atoms with Crippen LogP contribution in [0.2, 0.25) is 0 Å². The Hall–Kier alpha value is -1.05. The van der Waals surface area contributed by atoms with Gasteiger partial charge in [-0.3, -0.25) is 4.79 Å². The molecule has 0 N–H and O–H groups in total. The molecule has 0 saturated carbocycles. The zero-order chi connectivity index (χ0) is 10.7. The summed E-state index contributed by atoms with van der Waals surface area (Å²) >= 11 is 0. The molecule has 0 aliphatic carbocycles. The Morgan fingerprint density at radius 2 is 1.92 bits per heavy atom. The first-order valence-electron chi connectivity index (χ1n) is 4.78. The van der Waals surface area contributed by atoms with E-state index in [9.17, 15) is 4.79 Å². The van der Waals surface area contributed by atoms with Crippen LogP contribution in [-0.2, 0) is 4.79 Å². The lowest BCUT2D eigenvalue weighted by Gasteiger charge is -2.17. The van der Waals surface area contributed by atoms with Gasteiger partial charge in [-0.05, 0) is 12.5 Å². The summed E-state index contributed by atoms with van der Waals surface area (Å²) in [5, 5.41) is 0. The molecule has 0 aromatic carbocycles. The number of carbonyl (C=O) groups is 1. The van der Waals surface area contributed by atoms with Gasteiger partial charge < -0.3 is 4.90 Å². The fourth-order valence-corrected chi connectivity index (χ4v) is 0.846. The normalized spacial score (nSPS) is 7.92. The summed E-state index contributed by atoms with van der Waals surface area (Å²) in [5.41, 5.74) is 0. The molecule has 2 heteroatoms. The molecular weight excluding hydrogens is 162 g/mol. The molecule has 76 valence electrons. The lowest BCUT2D eigenvalue weighted by Crippen LogP contribution is -2.30. The van der Waals surface area contributed by atoms with Crippen molar-refractivity contribution in [2.75, 3.05) is 13.1 Å². The van der Waals surface area contributed by atoms with Gasteiger partial charge in [0.25, 0.3) is 0 Å². The van der Waals surface area contributed by atoms with E-state index in [1.54, 1.807) is 11.0 Å². The minimum atomic E-state index is -0.0215. The maximum Gasteiger partial charge on any atom is 0.246 e. The van der Waals surface area contributed by atoms with Crippen LogP contribution >= 0.6 is 0 Å². The molecule has 1 amide bonds. The summed E-state index contributed by atoms with van der Waals surface area (Å²) in [6.45, 7) is 14.4. The molecule has 0 heterocycles. The molecule has 0 aliphatic heterocycles. The van der Waals surface area contributed by atoms with Crippen molar-refractivity contribution in [2.24, 2.45) is 0 Å². The summed E-state index contributed by atoms with van der Waals surface area (Å²) in [6, 6.07) is 0. The molecule has 0 unspecified atom stereocenters. The highest BCUT2D eigenvalue weighted by molar-refractivity contribution is 5.87. The number of amides is 1. The van der Waals surface area contributed by atoms with Crippen molar-refractivity contribution >= 4 is 5.91 Å². The third kappa shape index (κ3) is 7.32. The Morgan fingerprint density at radius 3 is 2.23 bits per heavy atom. The van der Waals surface area contributed by atoms with Crippen LogP contribution in [-0.4, -0.2) is 23.9 Å². The molecular formula is C11H21NO. The fraction of sp³-hybridized carbons (Fsp3) is 0.545. The van der Waals surface area contributed by atoms with Crippen molar-refractivity contribution in [3.05, 3.63) is 25.3 Å². The Labute approximate surface area is 81.9 Å². The average molecular weight is 183 g/mol. The van der Waals surface area contributed by atoms with E-state index in [-0.39, 0.29) is 5.91 Å². The highest BCUT2D eigenvalue weighted by Crippen LogP contribution is 1.93. The van der Waals surface area contributed by atoms with Crippen molar-refractivity contribution in [3.8, 4) is 0 Å². The molecule has 2 nitrogen and oxygen atoms in total. The highest BCUT2D eigenvalue weighted by Gasteiger charge is 2.04. The van der Waals surface area contributed by atoms with Gasteiger partial charge in [0, 0.05) is 13.1 Å². The van der Waals surface area contributed by atoms with E-state index in [0.29, 0.717) is 6.54 Å². The topological polar surface area (TPSA) is 20.3 Å². The van der Waals surface area contributed by atoms with E-state index in [0.717, 1.165) is 13.0 Å². The molecule has 0 aromatic heterocycles. The van der Waals surface area contributed by atoms with Crippen molar-refractivity contribution in [2.45, 2.75) is 27.2 Å². The summed E-state index contributed by atoms with van der Waals surface area (Å²) in [5.74, 6) is -0.0215. The van der Waals surface area contributed by atoms with Gasteiger partial charge in [-0.25, -0.2) is 0 Å². The summed E-state index contributed by atoms with van der Waals surface area (Å²) in [4.78, 5) is 12.8. The average Bonchev–Trinajstić information content (AvgIpc) is 2.19. The minimum absolute atomic E-state index is 0.0215. The van der Waals surface area contributed by atoms with Gasteiger partial charge in [-0.15, -0.1) is 6.58 Å². The van der Waals surface area contributed by atoms with Crippen LogP contribution in [0.3, 0.4) is 0 Å². The first-order chi connectivity index (χ1) is 6.26. The van der Waals surface area contributed by atoms with Crippen molar-refractivity contribution in [1.29, 1.82) is 0 Å². The fourth-order valence-electron chi connectivity index (χ4n) is 0.846. The summed E-state index contributed by atoms with van der Waals surface area (Å²) in [6.07, 6.45) is 4.02. The first-order valence-corrected chi connectivity index (χ1v) is 4.78. The van der Waals surface area contributed by atoms with E-state index in [4.69, 9.17) is 0 Å². The van der Waals surface area contributed by atoms with Crippen LogP contribution in [0, 0.1) is 0 Å². The zero-order valence-corrected chi connectivity index (χ0v) is 9.05. The SMILES string of the molecule is C=CCN(CCC)C(=O)C=C.CC. The van der Waals surface area contributed by atoms with Crippen LogP contribution in [0.25, 0.3) is 0 Å². The second-order valence-corrected chi connectivity index (χ2v) is 2.28. The van der Waals surface area contributed by atoms with E-state index in [2.05, 4.69) is 13.2 Å². The monoisotopic (exact) mass is 183 g/mol. The highest BCUT2D eigenvalue weighted by atomic mass is 16.2. The molecule has 0 radical (unpaired) electrons. The second-order valence-electron chi connectivity index (χ2n) is 2.28. The van der Waals surface area contributed by atoms with Crippen LogP contribution in [0.4, 0.5) is 0 Å². The molecule has 0 aliphatic rings. The van der Waals surface area contributed by atoms with Crippen LogP contribution < -0.4 is 0 Å². The first kappa shape index (κ1) is 14.5. The summed E-state index contributed by atoms with van der Waals surface area (Å²) < 4.78 is 0. The van der Waals surface area contributed by atoms with Gasteiger partial charge in [0.15, 0.2) is 0 Å². The van der Waals surface area contributed by atoms with E-state index >= 15 is 0 Å². The minimum Gasteiger partial charge on any atom is -0.335 e. The Kier molecular flexibility index (Phi) is 12.2. The molecule has 0 atom stereocenters. The predicted octanol–water partition coefficient (Wildman–Crippen LogP) is 2.62. The lowest BCUT2D eigenvalue weighted by molar-refractivity contribution is -0.125. The number of hydrogen-bond acceptors (Lipinski definition) is 1. The second kappa shape index (κ2) is 11.0. The van der Waals surface area contributed by atoms with Crippen molar-refractivity contribution in [3.63, 3.8) is 0 Å². The molecule has 13 heavy (non-hydrogen) atoms. The smallest absolute Gasteiger partial charge is 0.246 e. The Bertz CT molecular complexity index is 152. The molecule has 0 fully saturated rings. The maximum absolute atomic E-state index is 11.1. The zero-order valence-electron chi connectivity index (χ0n) is 9.05. The van der Waals surface area contributed by atoms with Crippen molar-refractivity contribution < 1.29 is 4.79 Å². The number of hydrogen-bond donors (Lipinski definition) is 0. The van der Waals surface area contributed by atoms with Gasteiger partial charge in [0.05, 0.1) is 0 Å². The number of carbonyl (C=O) groups excluding carboxylic acids is 1. The Balaban J connectivity index is 0. The summed E-state index contributed by atoms with van der Waals surface area (Å²) in [7, 11) is 0. The molecule has 0 aromatic rings. The van der Waals surface area contributed by atoms with Crippen molar-refractivity contribution in [1.82, 2.24) is 4.90 Å². The van der Waals surface area contributed by atoms with Crippen LogP contribution in [0.5, 0.6) is 0 Å². The number of rotatable bonds is 5. The third-order valence-electron chi connectivity index (χ3n) is 1.33. The predicted molar refractivity (Wildman–Crippen MR) is 58.6 cm³/mol. The quantitative estimate of drug-likeness (QED) is 0.474. The van der Waals surface area contributed by atoms with E-state index < -0.39 is 0 Å². The van der Waals surface area contributed by atoms with E-state index in [1.165, 1.54) is 6.08 Å². The lowest BCUT2D eigenvalue weighted by atomic mass is 10.3. The molecule has 0 bridgehead atoms.